The molecule has 1 rings (SSSR count). The topological polar surface area (TPSA) is 78.4 Å². The van der Waals surface area contributed by atoms with Crippen LogP contribution in [0.4, 0.5) is 5.69 Å². The number of rotatable bonds is 5. The summed E-state index contributed by atoms with van der Waals surface area (Å²) in [7, 11) is 0. The van der Waals surface area contributed by atoms with Gasteiger partial charge in [0.15, 0.2) is 0 Å². The molecule has 0 bridgehead atoms. The average Bonchev–Trinajstić information content (AvgIpc) is 2.28. The minimum atomic E-state index is -0.869. The summed E-state index contributed by atoms with van der Waals surface area (Å²) in [6.07, 6.45) is -0.0141. The SMILES string of the molecule is CC(C)(C)NCC(=O)Nc1ccc(CC(=O)O)cc1. The van der Waals surface area contributed by atoms with Gasteiger partial charge >= 0.3 is 5.97 Å². The van der Waals surface area contributed by atoms with E-state index in [4.69, 9.17) is 5.11 Å². The van der Waals surface area contributed by atoms with Gasteiger partial charge in [0.25, 0.3) is 0 Å². The van der Waals surface area contributed by atoms with Gasteiger partial charge in [0.2, 0.25) is 5.91 Å². The maximum atomic E-state index is 11.7. The minimum absolute atomic E-state index is 0.0141. The molecule has 0 aliphatic heterocycles. The molecule has 5 heteroatoms. The summed E-state index contributed by atoms with van der Waals surface area (Å²) in [5.41, 5.74) is 1.26. The van der Waals surface area contributed by atoms with E-state index in [1.54, 1.807) is 24.3 Å². The number of carboxylic acid groups (broad SMARTS) is 1. The summed E-state index contributed by atoms with van der Waals surface area (Å²) in [6.45, 7) is 6.20. The van der Waals surface area contributed by atoms with Crippen molar-refractivity contribution in [1.29, 1.82) is 0 Å². The van der Waals surface area contributed by atoms with E-state index in [9.17, 15) is 9.59 Å². The lowest BCUT2D eigenvalue weighted by molar-refractivity contribution is -0.136. The first-order valence-electron chi connectivity index (χ1n) is 6.12. The van der Waals surface area contributed by atoms with Crippen molar-refractivity contribution >= 4 is 17.6 Å². The van der Waals surface area contributed by atoms with E-state index in [0.717, 1.165) is 0 Å². The van der Waals surface area contributed by atoms with Crippen LogP contribution in [0.3, 0.4) is 0 Å². The second kappa shape index (κ2) is 6.33. The fraction of sp³-hybridized carbons (Fsp3) is 0.429. The molecule has 19 heavy (non-hydrogen) atoms. The van der Waals surface area contributed by atoms with E-state index in [2.05, 4.69) is 10.6 Å². The maximum Gasteiger partial charge on any atom is 0.307 e. The van der Waals surface area contributed by atoms with Crippen molar-refractivity contribution in [3.63, 3.8) is 0 Å². The average molecular weight is 264 g/mol. The molecule has 0 spiro atoms. The summed E-state index contributed by atoms with van der Waals surface area (Å²) >= 11 is 0. The Morgan fingerprint density at radius 1 is 1.16 bits per heavy atom. The summed E-state index contributed by atoms with van der Waals surface area (Å²) in [4.78, 5) is 22.2. The lowest BCUT2D eigenvalue weighted by atomic mass is 10.1. The van der Waals surface area contributed by atoms with Crippen LogP contribution >= 0.6 is 0 Å². The van der Waals surface area contributed by atoms with Gasteiger partial charge < -0.3 is 15.7 Å². The zero-order valence-corrected chi connectivity index (χ0v) is 11.5. The van der Waals surface area contributed by atoms with Gasteiger partial charge in [0, 0.05) is 11.2 Å². The fourth-order valence-corrected chi connectivity index (χ4v) is 1.43. The Kier molecular flexibility index (Phi) is 5.06. The lowest BCUT2D eigenvalue weighted by Gasteiger charge is -2.20. The lowest BCUT2D eigenvalue weighted by Crippen LogP contribution is -2.41. The highest BCUT2D eigenvalue weighted by atomic mass is 16.4. The van der Waals surface area contributed by atoms with E-state index < -0.39 is 5.97 Å². The summed E-state index contributed by atoms with van der Waals surface area (Å²) in [6, 6.07) is 6.79. The molecule has 3 N–H and O–H groups in total. The van der Waals surface area contributed by atoms with Crippen molar-refractivity contribution in [2.45, 2.75) is 32.7 Å². The molecular weight excluding hydrogens is 244 g/mol. The Hall–Kier alpha value is -1.88. The van der Waals surface area contributed by atoms with Crippen LogP contribution in [0.2, 0.25) is 0 Å². The van der Waals surface area contributed by atoms with Crippen molar-refractivity contribution in [2.24, 2.45) is 0 Å². The van der Waals surface area contributed by atoms with E-state index in [1.165, 1.54) is 0 Å². The third-order valence-corrected chi connectivity index (χ3v) is 2.37. The standard InChI is InChI=1S/C14H20N2O3/c1-14(2,3)15-9-12(17)16-11-6-4-10(5-7-11)8-13(18)19/h4-7,15H,8-9H2,1-3H3,(H,16,17)(H,18,19). The molecule has 1 amide bonds. The second-order valence-electron chi connectivity index (χ2n) is 5.42. The van der Waals surface area contributed by atoms with E-state index in [0.29, 0.717) is 11.3 Å². The van der Waals surface area contributed by atoms with Crippen LogP contribution in [0.5, 0.6) is 0 Å². The molecule has 0 saturated carbocycles. The normalized spacial score (nSPS) is 11.1. The fourth-order valence-electron chi connectivity index (χ4n) is 1.43. The van der Waals surface area contributed by atoms with Crippen LogP contribution in [-0.4, -0.2) is 29.1 Å². The Bertz CT molecular complexity index is 447. The highest BCUT2D eigenvalue weighted by Gasteiger charge is 2.11. The zero-order valence-electron chi connectivity index (χ0n) is 11.5. The summed E-state index contributed by atoms with van der Waals surface area (Å²) in [5.74, 6) is -0.993. The molecular formula is C14H20N2O3. The van der Waals surface area contributed by atoms with Gasteiger partial charge in [-0.3, -0.25) is 9.59 Å². The van der Waals surface area contributed by atoms with Gasteiger partial charge in [-0.2, -0.15) is 0 Å². The van der Waals surface area contributed by atoms with Crippen molar-refractivity contribution < 1.29 is 14.7 Å². The molecule has 0 aromatic heterocycles. The Labute approximate surface area is 113 Å². The predicted molar refractivity (Wildman–Crippen MR) is 74.2 cm³/mol. The van der Waals surface area contributed by atoms with E-state index in [-0.39, 0.29) is 24.4 Å². The van der Waals surface area contributed by atoms with Crippen LogP contribution in [0, 0.1) is 0 Å². The predicted octanol–water partition coefficient (Wildman–Crippen LogP) is 1.64. The first kappa shape index (κ1) is 15.2. The number of benzene rings is 1. The van der Waals surface area contributed by atoms with Crippen LogP contribution in [0.25, 0.3) is 0 Å². The van der Waals surface area contributed by atoms with Gasteiger partial charge in [-0.1, -0.05) is 12.1 Å². The Morgan fingerprint density at radius 3 is 2.21 bits per heavy atom. The number of carbonyl (C=O) groups excluding carboxylic acids is 1. The number of hydrogen-bond donors (Lipinski definition) is 3. The molecule has 0 radical (unpaired) electrons. The number of amides is 1. The molecule has 0 fully saturated rings. The molecule has 0 atom stereocenters. The third-order valence-electron chi connectivity index (χ3n) is 2.37. The molecule has 0 heterocycles. The number of hydrogen-bond acceptors (Lipinski definition) is 3. The highest BCUT2D eigenvalue weighted by Crippen LogP contribution is 2.10. The van der Waals surface area contributed by atoms with Gasteiger partial charge in [0.1, 0.15) is 0 Å². The third kappa shape index (κ3) is 6.57. The number of anilines is 1. The number of nitrogens with one attached hydrogen (secondary N) is 2. The maximum absolute atomic E-state index is 11.7. The Balaban J connectivity index is 2.49. The first-order valence-corrected chi connectivity index (χ1v) is 6.12. The van der Waals surface area contributed by atoms with Crippen molar-refractivity contribution in [2.75, 3.05) is 11.9 Å². The molecule has 0 unspecified atom stereocenters. The molecule has 1 aromatic rings. The van der Waals surface area contributed by atoms with Crippen LogP contribution in [-0.2, 0) is 16.0 Å². The van der Waals surface area contributed by atoms with Gasteiger partial charge in [-0.25, -0.2) is 0 Å². The van der Waals surface area contributed by atoms with Crippen LogP contribution < -0.4 is 10.6 Å². The molecule has 104 valence electrons. The minimum Gasteiger partial charge on any atom is -0.481 e. The van der Waals surface area contributed by atoms with Gasteiger partial charge in [0.05, 0.1) is 13.0 Å². The van der Waals surface area contributed by atoms with E-state index in [1.807, 2.05) is 20.8 Å². The molecule has 0 aliphatic rings. The Morgan fingerprint density at radius 2 is 1.74 bits per heavy atom. The van der Waals surface area contributed by atoms with Gasteiger partial charge in [-0.15, -0.1) is 0 Å². The largest absolute Gasteiger partial charge is 0.481 e. The van der Waals surface area contributed by atoms with Gasteiger partial charge in [-0.05, 0) is 38.5 Å². The summed E-state index contributed by atoms with van der Waals surface area (Å²) in [5, 5.41) is 14.5. The zero-order chi connectivity index (χ0) is 14.5. The van der Waals surface area contributed by atoms with Crippen molar-refractivity contribution in [3.8, 4) is 0 Å². The monoisotopic (exact) mass is 264 g/mol. The quantitative estimate of drug-likeness (QED) is 0.755. The van der Waals surface area contributed by atoms with Crippen LogP contribution in [0.1, 0.15) is 26.3 Å². The second-order valence-corrected chi connectivity index (χ2v) is 5.42. The smallest absolute Gasteiger partial charge is 0.307 e. The molecule has 5 nitrogen and oxygen atoms in total. The highest BCUT2D eigenvalue weighted by molar-refractivity contribution is 5.92. The first-order chi connectivity index (χ1) is 8.76. The van der Waals surface area contributed by atoms with Crippen LogP contribution in [0.15, 0.2) is 24.3 Å². The number of aliphatic carboxylic acids is 1. The number of carbonyl (C=O) groups is 2. The molecule has 0 saturated heterocycles. The molecule has 0 aliphatic carbocycles. The van der Waals surface area contributed by atoms with Crippen molar-refractivity contribution in [1.82, 2.24) is 5.32 Å². The molecule has 1 aromatic carbocycles. The number of carboxylic acids is 1. The van der Waals surface area contributed by atoms with E-state index >= 15 is 0 Å². The summed E-state index contributed by atoms with van der Waals surface area (Å²) < 4.78 is 0. The van der Waals surface area contributed by atoms with Crippen molar-refractivity contribution in [3.05, 3.63) is 29.8 Å².